The van der Waals surface area contributed by atoms with Crippen molar-refractivity contribution in [2.45, 2.75) is 20.0 Å². The van der Waals surface area contributed by atoms with Gasteiger partial charge in [-0.2, -0.15) is 0 Å². The Balaban J connectivity index is 2.23. The van der Waals surface area contributed by atoms with Crippen molar-refractivity contribution in [1.29, 1.82) is 0 Å². The lowest BCUT2D eigenvalue weighted by molar-refractivity contribution is 0.0398. The van der Waals surface area contributed by atoms with Crippen molar-refractivity contribution in [2.75, 3.05) is 25.6 Å². The molecule has 2 N–H and O–H groups in total. The third-order valence-corrected chi connectivity index (χ3v) is 2.24. The topological polar surface area (TPSA) is 57.4 Å². The van der Waals surface area contributed by atoms with Gasteiger partial charge >= 0.3 is 0 Å². The molecule has 1 rings (SSSR count). The van der Waals surface area contributed by atoms with Crippen molar-refractivity contribution in [2.24, 2.45) is 0 Å². The predicted octanol–water partition coefficient (Wildman–Crippen LogP) is 2.26. The van der Waals surface area contributed by atoms with Crippen LogP contribution >= 0.6 is 11.6 Å². The Hall–Kier alpha value is -0.840. The lowest BCUT2D eigenvalue weighted by atomic mass is 10.3. The highest BCUT2D eigenvalue weighted by Crippen LogP contribution is 2.15. The summed E-state index contributed by atoms with van der Waals surface area (Å²) in [5.41, 5.74) is 6.21. The van der Waals surface area contributed by atoms with Crippen LogP contribution in [0.15, 0.2) is 12.1 Å². The molecule has 4 nitrogen and oxygen atoms in total. The molecule has 1 aromatic rings. The maximum atomic E-state index is 5.93. The van der Waals surface area contributed by atoms with Crippen molar-refractivity contribution in [3.63, 3.8) is 0 Å². The van der Waals surface area contributed by atoms with Gasteiger partial charge in [0.15, 0.2) is 0 Å². The Morgan fingerprint density at radius 3 is 2.75 bits per heavy atom. The van der Waals surface area contributed by atoms with Gasteiger partial charge in [0, 0.05) is 6.61 Å². The van der Waals surface area contributed by atoms with Crippen LogP contribution in [0, 0.1) is 0 Å². The highest BCUT2D eigenvalue weighted by atomic mass is 35.5. The molecule has 0 aromatic carbocycles. The number of rotatable bonds is 7. The van der Waals surface area contributed by atoms with Crippen molar-refractivity contribution in [1.82, 2.24) is 4.98 Å². The van der Waals surface area contributed by atoms with Crippen LogP contribution in [0.25, 0.3) is 0 Å². The van der Waals surface area contributed by atoms with Crippen LogP contribution in [0.5, 0.6) is 0 Å². The van der Waals surface area contributed by atoms with E-state index < -0.39 is 0 Å². The molecule has 0 fully saturated rings. The summed E-state index contributed by atoms with van der Waals surface area (Å²) in [4.78, 5) is 4.09. The van der Waals surface area contributed by atoms with Gasteiger partial charge in [-0.25, -0.2) is 4.98 Å². The van der Waals surface area contributed by atoms with E-state index >= 15 is 0 Å². The third kappa shape index (κ3) is 4.79. The second-order valence-electron chi connectivity index (χ2n) is 3.33. The van der Waals surface area contributed by atoms with Crippen molar-refractivity contribution in [3.8, 4) is 0 Å². The van der Waals surface area contributed by atoms with Gasteiger partial charge in [0.05, 0.1) is 30.5 Å². The van der Waals surface area contributed by atoms with Crippen LogP contribution in [0.1, 0.15) is 19.0 Å². The zero-order chi connectivity index (χ0) is 11.8. The number of anilines is 1. The smallest absolute Gasteiger partial charge is 0.123 e. The van der Waals surface area contributed by atoms with Gasteiger partial charge in [0.2, 0.25) is 0 Å². The van der Waals surface area contributed by atoms with E-state index in [1.165, 1.54) is 0 Å². The molecule has 0 saturated carbocycles. The third-order valence-electron chi connectivity index (χ3n) is 1.90. The molecule has 0 spiro atoms. The lowest BCUT2D eigenvalue weighted by Gasteiger charge is -2.06. The number of aromatic nitrogens is 1. The highest BCUT2D eigenvalue weighted by Gasteiger charge is 2.02. The van der Waals surface area contributed by atoms with Crippen LogP contribution in [0.2, 0.25) is 5.02 Å². The minimum atomic E-state index is 0.360. The minimum Gasteiger partial charge on any atom is -0.384 e. The molecule has 0 bridgehead atoms. The van der Waals surface area contributed by atoms with Crippen LogP contribution in [0.4, 0.5) is 5.82 Å². The molecule has 5 heteroatoms. The largest absolute Gasteiger partial charge is 0.384 e. The molecule has 1 heterocycles. The van der Waals surface area contributed by atoms with Gasteiger partial charge in [-0.15, -0.1) is 0 Å². The molecule has 0 aliphatic carbocycles. The lowest BCUT2D eigenvalue weighted by Crippen LogP contribution is -2.06. The van der Waals surface area contributed by atoms with Crippen molar-refractivity contribution in [3.05, 3.63) is 22.8 Å². The van der Waals surface area contributed by atoms with E-state index in [1.807, 2.05) is 0 Å². The zero-order valence-electron chi connectivity index (χ0n) is 9.41. The van der Waals surface area contributed by atoms with Gasteiger partial charge in [-0.3, -0.25) is 0 Å². The van der Waals surface area contributed by atoms with Gasteiger partial charge < -0.3 is 15.2 Å². The van der Waals surface area contributed by atoms with E-state index in [4.69, 9.17) is 26.8 Å². The second kappa shape index (κ2) is 7.44. The second-order valence-corrected chi connectivity index (χ2v) is 3.74. The fourth-order valence-corrected chi connectivity index (χ4v) is 1.30. The minimum absolute atomic E-state index is 0.360. The molecule has 0 atom stereocenters. The predicted molar refractivity (Wildman–Crippen MR) is 64.4 cm³/mol. The Kier molecular flexibility index (Phi) is 6.15. The molecule has 1 aromatic heterocycles. The molecule has 0 amide bonds. The molecular weight excluding hydrogens is 228 g/mol. The number of nitrogen functional groups attached to an aromatic ring is 1. The summed E-state index contributed by atoms with van der Waals surface area (Å²) in [7, 11) is 0. The monoisotopic (exact) mass is 244 g/mol. The maximum absolute atomic E-state index is 5.93. The first-order chi connectivity index (χ1) is 7.74. The first-order valence-electron chi connectivity index (χ1n) is 5.30. The Morgan fingerprint density at radius 1 is 1.25 bits per heavy atom. The van der Waals surface area contributed by atoms with Gasteiger partial charge in [0.25, 0.3) is 0 Å². The number of pyridine rings is 1. The Morgan fingerprint density at radius 2 is 2.00 bits per heavy atom. The fourth-order valence-electron chi connectivity index (χ4n) is 1.14. The van der Waals surface area contributed by atoms with E-state index in [0.717, 1.165) is 13.0 Å². The quantitative estimate of drug-likeness (QED) is 0.748. The molecule has 90 valence electrons. The average Bonchev–Trinajstić information content (AvgIpc) is 2.28. The molecule has 16 heavy (non-hydrogen) atoms. The SMILES string of the molecule is CCCOCCOCc1nc(N)ccc1Cl. The molecular formula is C11H17ClN2O2. The number of nitrogens with two attached hydrogens (primary N) is 1. The zero-order valence-corrected chi connectivity index (χ0v) is 10.2. The average molecular weight is 245 g/mol. The summed E-state index contributed by atoms with van der Waals surface area (Å²) in [6.45, 7) is 4.32. The van der Waals surface area contributed by atoms with E-state index in [2.05, 4.69) is 11.9 Å². The van der Waals surface area contributed by atoms with E-state index in [9.17, 15) is 0 Å². The summed E-state index contributed by atoms with van der Waals surface area (Å²) >= 11 is 5.93. The highest BCUT2D eigenvalue weighted by molar-refractivity contribution is 6.31. The van der Waals surface area contributed by atoms with Gasteiger partial charge in [-0.05, 0) is 18.6 Å². The van der Waals surface area contributed by atoms with Gasteiger partial charge in [0.1, 0.15) is 5.82 Å². The number of halogens is 1. The van der Waals surface area contributed by atoms with E-state index in [0.29, 0.717) is 36.4 Å². The summed E-state index contributed by atoms with van der Waals surface area (Å²) < 4.78 is 10.6. The standard InChI is InChI=1S/C11H17ClN2O2/c1-2-5-15-6-7-16-8-10-9(12)3-4-11(13)14-10/h3-4H,2,5-8H2,1H3,(H2,13,14). The number of ether oxygens (including phenoxy) is 2. The Bertz CT molecular complexity index is 321. The molecule has 0 aliphatic heterocycles. The summed E-state index contributed by atoms with van der Waals surface area (Å²) in [6, 6.07) is 3.38. The molecule has 0 aliphatic rings. The first-order valence-corrected chi connectivity index (χ1v) is 5.68. The van der Waals surface area contributed by atoms with E-state index in [1.54, 1.807) is 12.1 Å². The molecule has 0 unspecified atom stereocenters. The summed E-state index contributed by atoms with van der Waals surface area (Å²) in [6.07, 6.45) is 1.02. The number of nitrogens with zero attached hydrogens (tertiary/aromatic N) is 1. The van der Waals surface area contributed by atoms with Gasteiger partial charge in [-0.1, -0.05) is 18.5 Å². The molecule has 0 saturated heterocycles. The van der Waals surface area contributed by atoms with Crippen LogP contribution in [0.3, 0.4) is 0 Å². The summed E-state index contributed by atoms with van der Waals surface area (Å²) in [5.74, 6) is 0.449. The molecule has 0 radical (unpaired) electrons. The maximum Gasteiger partial charge on any atom is 0.123 e. The number of hydrogen-bond donors (Lipinski definition) is 1. The summed E-state index contributed by atoms with van der Waals surface area (Å²) in [5, 5.41) is 0.573. The van der Waals surface area contributed by atoms with Crippen LogP contribution in [-0.4, -0.2) is 24.8 Å². The normalized spacial score (nSPS) is 10.6. The van der Waals surface area contributed by atoms with Crippen LogP contribution < -0.4 is 5.73 Å². The first kappa shape index (κ1) is 13.2. The van der Waals surface area contributed by atoms with E-state index in [-0.39, 0.29) is 0 Å². The van der Waals surface area contributed by atoms with Crippen molar-refractivity contribution < 1.29 is 9.47 Å². The Labute approximate surface area is 101 Å². The number of hydrogen-bond acceptors (Lipinski definition) is 4. The fraction of sp³-hybridized carbons (Fsp3) is 0.545. The van der Waals surface area contributed by atoms with Crippen LogP contribution in [-0.2, 0) is 16.1 Å². The van der Waals surface area contributed by atoms with Crippen molar-refractivity contribution >= 4 is 17.4 Å².